The molecule has 2 atom stereocenters. The number of allylic oxidation sites excluding steroid dienone is 1. The van der Waals surface area contributed by atoms with Gasteiger partial charge >= 0.3 is 12.1 Å². The first kappa shape index (κ1) is 27.8. The van der Waals surface area contributed by atoms with E-state index in [1.165, 1.54) is 19.2 Å². The lowest BCUT2D eigenvalue weighted by Crippen LogP contribution is -2.39. The van der Waals surface area contributed by atoms with Gasteiger partial charge in [0, 0.05) is 5.69 Å². The average molecular weight is 557 g/mol. The number of anilines is 1. The van der Waals surface area contributed by atoms with Crippen LogP contribution in [0.1, 0.15) is 34.6 Å². The minimum atomic E-state index is -4.59. The summed E-state index contributed by atoms with van der Waals surface area (Å²) in [5.74, 6) is -3.39. The fourth-order valence-electron chi connectivity index (χ4n) is 4.49. The molecule has 2 aliphatic rings. The van der Waals surface area contributed by atoms with Gasteiger partial charge in [0.25, 0.3) is 5.91 Å². The van der Waals surface area contributed by atoms with E-state index in [9.17, 15) is 32.8 Å². The van der Waals surface area contributed by atoms with Crippen molar-refractivity contribution < 1.29 is 32.3 Å². The van der Waals surface area contributed by atoms with Crippen molar-refractivity contribution in [2.75, 3.05) is 12.4 Å². The summed E-state index contributed by atoms with van der Waals surface area (Å²) in [5.41, 5.74) is 7.50. The second-order valence-electron chi connectivity index (χ2n) is 9.02. The summed E-state index contributed by atoms with van der Waals surface area (Å²) in [4.78, 5) is 40.1. The minimum Gasteiger partial charge on any atom is -0.469 e. The summed E-state index contributed by atoms with van der Waals surface area (Å²) in [6.07, 6.45) is -4.91. The number of alkyl halides is 3. The van der Waals surface area contributed by atoms with Crippen molar-refractivity contribution in [1.29, 1.82) is 5.26 Å². The Bertz CT molecular complexity index is 1480. The first-order valence-electron chi connectivity index (χ1n) is 11.6. The highest BCUT2D eigenvalue weighted by Gasteiger charge is 2.48. The number of halogens is 3. The van der Waals surface area contributed by atoms with Crippen molar-refractivity contribution >= 4 is 35.2 Å². The summed E-state index contributed by atoms with van der Waals surface area (Å²) >= 11 is 0.913. The van der Waals surface area contributed by atoms with Gasteiger partial charge < -0.3 is 15.8 Å². The van der Waals surface area contributed by atoms with Crippen LogP contribution in [-0.4, -0.2) is 35.0 Å². The molecule has 202 valence electrons. The van der Waals surface area contributed by atoms with Gasteiger partial charge in [-0.1, -0.05) is 41.6 Å². The lowest BCUT2D eigenvalue weighted by atomic mass is 9.82. The number of nitrogens with zero attached hydrogens (tertiary/aromatic N) is 2. The second kappa shape index (κ2) is 10.5. The number of esters is 1. The maximum absolute atomic E-state index is 13.9. The number of benzene rings is 2. The third kappa shape index (κ3) is 5.22. The molecule has 1 saturated heterocycles. The van der Waals surface area contributed by atoms with Crippen LogP contribution in [0, 0.1) is 25.2 Å². The first-order chi connectivity index (χ1) is 18.4. The smallest absolute Gasteiger partial charge is 0.416 e. The van der Waals surface area contributed by atoms with Gasteiger partial charge in [0.2, 0.25) is 5.91 Å². The Labute approximate surface area is 226 Å². The van der Waals surface area contributed by atoms with Crippen LogP contribution in [0.5, 0.6) is 0 Å². The molecule has 4 rings (SSSR count). The van der Waals surface area contributed by atoms with Crippen molar-refractivity contribution in [3.8, 4) is 6.07 Å². The fraction of sp³-hybridized carbons (Fsp3) is 0.259. The van der Waals surface area contributed by atoms with E-state index in [1.807, 2.05) is 19.1 Å². The highest BCUT2D eigenvalue weighted by Crippen LogP contribution is 2.50. The Morgan fingerprint density at radius 3 is 2.41 bits per heavy atom. The highest BCUT2D eigenvalue weighted by molar-refractivity contribution is 8.04. The monoisotopic (exact) mass is 556 g/mol. The summed E-state index contributed by atoms with van der Waals surface area (Å²) in [5, 5.41) is 12.0. The number of rotatable bonds is 5. The van der Waals surface area contributed by atoms with E-state index >= 15 is 0 Å². The van der Waals surface area contributed by atoms with Gasteiger partial charge in [0.1, 0.15) is 11.1 Å². The van der Waals surface area contributed by atoms with E-state index < -0.39 is 40.7 Å². The van der Waals surface area contributed by atoms with E-state index in [1.54, 1.807) is 19.1 Å². The van der Waals surface area contributed by atoms with Crippen molar-refractivity contribution in [1.82, 2.24) is 4.90 Å². The summed E-state index contributed by atoms with van der Waals surface area (Å²) in [6.45, 7) is 3.68. The van der Waals surface area contributed by atoms with Gasteiger partial charge in [-0.15, -0.1) is 0 Å². The van der Waals surface area contributed by atoms with Crippen LogP contribution in [0.25, 0.3) is 0 Å². The fourth-order valence-corrected chi connectivity index (χ4v) is 5.81. The number of fused-ring (bicyclic) bond motifs is 1. The van der Waals surface area contributed by atoms with E-state index in [4.69, 9.17) is 5.73 Å². The molecule has 0 unspecified atom stereocenters. The third-order valence-corrected chi connectivity index (χ3v) is 7.70. The number of nitrogens with two attached hydrogens (primary N) is 1. The predicted octanol–water partition coefficient (Wildman–Crippen LogP) is 4.47. The molecule has 3 N–H and O–H groups in total. The number of hydrogen-bond donors (Lipinski definition) is 2. The number of methoxy groups -OCH3 is 1. The Morgan fingerprint density at radius 2 is 1.85 bits per heavy atom. The third-order valence-electron chi connectivity index (χ3n) is 6.42. The Hall–Kier alpha value is -4.24. The molecule has 2 aromatic rings. The summed E-state index contributed by atoms with van der Waals surface area (Å²) in [6, 6.07) is 11.3. The van der Waals surface area contributed by atoms with Gasteiger partial charge in [-0.25, -0.2) is 0 Å². The van der Waals surface area contributed by atoms with Crippen LogP contribution < -0.4 is 11.1 Å². The first-order valence-corrected chi connectivity index (χ1v) is 12.5. The quantitative estimate of drug-likeness (QED) is 0.521. The molecule has 2 heterocycles. The molecule has 0 spiro atoms. The maximum Gasteiger partial charge on any atom is 0.416 e. The van der Waals surface area contributed by atoms with Crippen molar-refractivity contribution in [2.45, 2.75) is 37.6 Å². The van der Waals surface area contributed by atoms with E-state index in [-0.39, 0.29) is 34.0 Å². The van der Waals surface area contributed by atoms with Crippen LogP contribution in [0.4, 0.5) is 18.9 Å². The molecular formula is C27H23F3N4O4S. The summed E-state index contributed by atoms with van der Waals surface area (Å²) < 4.78 is 44.4. The number of aryl methyl sites for hydroxylation is 2. The molecule has 0 saturated carbocycles. The van der Waals surface area contributed by atoms with Gasteiger partial charge in [-0.3, -0.25) is 19.3 Å². The molecule has 0 radical (unpaired) electrons. The second-order valence-corrected chi connectivity index (χ2v) is 10.2. The Balaban J connectivity index is 1.88. The van der Waals surface area contributed by atoms with Crippen LogP contribution in [0.2, 0.25) is 0 Å². The molecule has 0 aliphatic carbocycles. The highest BCUT2D eigenvalue weighted by atomic mass is 32.2. The standard InChI is InChI=1S/C27H23F3N4O4S/c1-13-4-9-18(14(2)10-13)33-24(36)22-21(15-5-7-16(8-6-15)27(28,29)30)17(12-31)23(32)34-25(37)19(39-26(22)34)11-20(35)38-3/h4-10,19,21H,11,32H2,1-3H3,(H,33,36)/t19-,21-/m1/s1. The summed E-state index contributed by atoms with van der Waals surface area (Å²) in [7, 11) is 1.17. The molecule has 1 fully saturated rings. The minimum absolute atomic E-state index is 0.0498. The predicted molar refractivity (Wildman–Crippen MR) is 137 cm³/mol. The zero-order valence-electron chi connectivity index (χ0n) is 21.1. The largest absolute Gasteiger partial charge is 0.469 e. The molecule has 0 aromatic heterocycles. The maximum atomic E-state index is 13.9. The lowest BCUT2D eigenvalue weighted by molar-refractivity contribution is -0.142. The number of nitriles is 1. The molecule has 0 bridgehead atoms. The average Bonchev–Trinajstić information content (AvgIpc) is 3.20. The van der Waals surface area contributed by atoms with Crippen molar-refractivity contribution in [3.05, 3.63) is 86.7 Å². The number of hydrogen-bond acceptors (Lipinski definition) is 7. The van der Waals surface area contributed by atoms with Crippen LogP contribution in [0.3, 0.4) is 0 Å². The lowest BCUT2D eigenvalue weighted by Gasteiger charge is -2.32. The van der Waals surface area contributed by atoms with E-state index in [0.29, 0.717) is 5.69 Å². The molecule has 12 heteroatoms. The van der Waals surface area contributed by atoms with Gasteiger partial charge in [-0.2, -0.15) is 18.4 Å². The number of thioether (sulfide) groups is 1. The van der Waals surface area contributed by atoms with Crippen molar-refractivity contribution in [3.63, 3.8) is 0 Å². The van der Waals surface area contributed by atoms with E-state index in [2.05, 4.69) is 10.1 Å². The molecular weight excluding hydrogens is 533 g/mol. The van der Waals surface area contributed by atoms with Crippen LogP contribution in [-0.2, 0) is 25.3 Å². The Morgan fingerprint density at radius 1 is 1.18 bits per heavy atom. The normalized spacial score (nSPS) is 19.1. The Kier molecular flexibility index (Phi) is 7.48. The molecule has 2 amide bonds. The van der Waals surface area contributed by atoms with Crippen molar-refractivity contribution in [2.24, 2.45) is 5.73 Å². The zero-order chi connectivity index (χ0) is 28.6. The number of nitrogens with one attached hydrogen (secondary N) is 1. The zero-order valence-corrected chi connectivity index (χ0v) is 21.9. The van der Waals surface area contributed by atoms with Crippen LogP contribution in [0.15, 0.2) is 64.5 Å². The van der Waals surface area contributed by atoms with Crippen LogP contribution >= 0.6 is 11.8 Å². The SMILES string of the molecule is COC(=O)C[C@H]1SC2=C(C(=O)Nc3ccc(C)cc3C)[C@H](c3ccc(C(F)(F)F)cc3)C(C#N)=C(N)N2C1=O. The van der Waals surface area contributed by atoms with E-state index in [0.717, 1.165) is 39.9 Å². The topological polar surface area (TPSA) is 126 Å². The molecule has 2 aliphatic heterocycles. The number of carbonyl (C=O) groups is 3. The number of amides is 2. The van der Waals surface area contributed by atoms with Gasteiger partial charge in [-0.05, 0) is 43.2 Å². The molecule has 39 heavy (non-hydrogen) atoms. The molecule has 2 aromatic carbocycles. The number of carbonyl (C=O) groups excluding carboxylic acids is 3. The van der Waals surface area contributed by atoms with Gasteiger partial charge in [0.05, 0.1) is 47.3 Å². The number of ether oxygens (including phenoxy) is 1. The van der Waals surface area contributed by atoms with Gasteiger partial charge in [0.15, 0.2) is 0 Å². The molecule has 8 nitrogen and oxygen atoms in total.